The first kappa shape index (κ1) is 11.5. The zero-order valence-electron chi connectivity index (χ0n) is 8.66. The van der Waals surface area contributed by atoms with E-state index >= 15 is 0 Å². The van der Waals surface area contributed by atoms with E-state index in [1.165, 1.54) is 0 Å². The first-order valence-corrected chi connectivity index (χ1v) is 5.14. The standard InChI is InChI=1S/C10H19NO3/c1-8-2-4-10(6-8,7-11)14-5-3-9(12)13/h8H,2-7,11H2,1H3,(H,12,13). The summed E-state index contributed by atoms with van der Waals surface area (Å²) in [5.74, 6) is -0.174. The summed E-state index contributed by atoms with van der Waals surface area (Å²) < 4.78 is 5.62. The summed E-state index contributed by atoms with van der Waals surface area (Å²) in [5, 5.41) is 8.48. The first-order valence-electron chi connectivity index (χ1n) is 5.14. The fraction of sp³-hybridized carbons (Fsp3) is 0.900. The summed E-state index contributed by atoms with van der Waals surface area (Å²) in [6.45, 7) is 2.95. The summed E-state index contributed by atoms with van der Waals surface area (Å²) in [4.78, 5) is 10.3. The Balaban J connectivity index is 2.35. The molecule has 4 heteroatoms. The molecule has 2 unspecified atom stereocenters. The molecule has 0 radical (unpaired) electrons. The number of carboxylic acid groups (broad SMARTS) is 1. The van der Waals surface area contributed by atoms with Crippen molar-refractivity contribution >= 4 is 5.97 Å². The van der Waals surface area contributed by atoms with Gasteiger partial charge in [-0.1, -0.05) is 6.92 Å². The largest absolute Gasteiger partial charge is 0.481 e. The molecule has 0 saturated heterocycles. The molecule has 0 bridgehead atoms. The lowest BCUT2D eigenvalue weighted by Crippen LogP contribution is -2.38. The quantitative estimate of drug-likeness (QED) is 0.696. The van der Waals surface area contributed by atoms with Crippen molar-refractivity contribution in [3.8, 4) is 0 Å². The lowest BCUT2D eigenvalue weighted by Gasteiger charge is -2.27. The smallest absolute Gasteiger partial charge is 0.305 e. The molecule has 0 aromatic rings. The molecule has 1 saturated carbocycles. The summed E-state index contributed by atoms with van der Waals surface area (Å²) in [5.41, 5.74) is 5.43. The zero-order chi connectivity index (χ0) is 10.6. The molecule has 0 aromatic heterocycles. The number of ether oxygens (including phenoxy) is 1. The number of hydrogen-bond acceptors (Lipinski definition) is 3. The van der Waals surface area contributed by atoms with Gasteiger partial charge in [0.05, 0.1) is 18.6 Å². The van der Waals surface area contributed by atoms with Gasteiger partial charge in [-0.3, -0.25) is 4.79 Å². The maximum atomic E-state index is 10.3. The second-order valence-electron chi connectivity index (χ2n) is 4.23. The van der Waals surface area contributed by atoms with E-state index in [2.05, 4.69) is 6.92 Å². The molecular formula is C10H19NO3. The molecule has 82 valence electrons. The molecule has 1 aliphatic rings. The molecule has 0 amide bonds. The normalized spacial score (nSPS) is 32.0. The zero-order valence-corrected chi connectivity index (χ0v) is 8.66. The van der Waals surface area contributed by atoms with Crippen molar-refractivity contribution in [1.29, 1.82) is 0 Å². The van der Waals surface area contributed by atoms with Crippen molar-refractivity contribution < 1.29 is 14.6 Å². The van der Waals surface area contributed by atoms with Gasteiger partial charge in [-0.05, 0) is 25.2 Å². The van der Waals surface area contributed by atoms with Crippen LogP contribution in [-0.2, 0) is 9.53 Å². The highest BCUT2D eigenvalue weighted by atomic mass is 16.5. The SMILES string of the molecule is CC1CCC(CN)(OCCC(=O)O)C1. The van der Waals surface area contributed by atoms with Crippen LogP contribution in [0.25, 0.3) is 0 Å². The monoisotopic (exact) mass is 201 g/mol. The van der Waals surface area contributed by atoms with Crippen LogP contribution in [0.2, 0.25) is 0 Å². The van der Waals surface area contributed by atoms with Gasteiger partial charge in [0.25, 0.3) is 0 Å². The van der Waals surface area contributed by atoms with E-state index in [0.717, 1.165) is 19.3 Å². The van der Waals surface area contributed by atoms with E-state index < -0.39 is 5.97 Å². The van der Waals surface area contributed by atoms with Gasteiger partial charge in [-0.25, -0.2) is 0 Å². The van der Waals surface area contributed by atoms with Gasteiger partial charge in [0.2, 0.25) is 0 Å². The minimum Gasteiger partial charge on any atom is -0.481 e. The van der Waals surface area contributed by atoms with Crippen molar-refractivity contribution in [2.45, 2.75) is 38.2 Å². The predicted octanol–water partition coefficient (Wildman–Crippen LogP) is 0.995. The van der Waals surface area contributed by atoms with Crippen LogP contribution in [0.1, 0.15) is 32.6 Å². The highest BCUT2D eigenvalue weighted by Crippen LogP contribution is 2.36. The summed E-state index contributed by atoms with van der Waals surface area (Å²) >= 11 is 0. The Morgan fingerprint density at radius 1 is 1.71 bits per heavy atom. The van der Waals surface area contributed by atoms with Crippen molar-refractivity contribution in [2.24, 2.45) is 11.7 Å². The lowest BCUT2D eigenvalue weighted by atomic mass is 10.0. The topological polar surface area (TPSA) is 72.5 Å². The van der Waals surface area contributed by atoms with Crippen LogP contribution in [0.5, 0.6) is 0 Å². The van der Waals surface area contributed by atoms with Gasteiger partial charge in [0.1, 0.15) is 0 Å². The van der Waals surface area contributed by atoms with Crippen molar-refractivity contribution in [1.82, 2.24) is 0 Å². The molecule has 4 nitrogen and oxygen atoms in total. The summed E-state index contributed by atoms with van der Waals surface area (Å²) in [7, 11) is 0. The van der Waals surface area contributed by atoms with E-state index in [1.807, 2.05) is 0 Å². The highest BCUT2D eigenvalue weighted by Gasteiger charge is 2.37. The van der Waals surface area contributed by atoms with Crippen LogP contribution in [0.4, 0.5) is 0 Å². The van der Waals surface area contributed by atoms with Gasteiger partial charge in [0.15, 0.2) is 0 Å². The predicted molar refractivity (Wildman–Crippen MR) is 53.0 cm³/mol. The number of rotatable bonds is 5. The van der Waals surface area contributed by atoms with E-state index in [-0.39, 0.29) is 18.6 Å². The molecule has 3 N–H and O–H groups in total. The number of carbonyl (C=O) groups is 1. The second kappa shape index (κ2) is 4.75. The molecule has 0 aliphatic heterocycles. The number of carboxylic acids is 1. The maximum Gasteiger partial charge on any atom is 0.305 e. The van der Waals surface area contributed by atoms with Crippen LogP contribution in [-0.4, -0.2) is 29.8 Å². The van der Waals surface area contributed by atoms with Crippen LogP contribution in [0.3, 0.4) is 0 Å². The fourth-order valence-corrected chi connectivity index (χ4v) is 2.08. The fourth-order valence-electron chi connectivity index (χ4n) is 2.08. The Kier molecular flexibility index (Phi) is 3.89. The second-order valence-corrected chi connectivity index (χ2v) is 4.23. The van der Waals surface area contributed by atoms with Crippen molar-refractivity contribution in [3.05, 3.63) is 0 Å². The Labute approximate surface area is 84.4 Å². The molecule has 1 fully saturated rings. The third-order valence-electron chi connectivity index (χ3n) is 2.91. The van der Waals surface area contributed by atoms with E-state index in [9.17, 15) is 4.79 Å². The molecule has 0 aromatic carbocycles. The van der Waals surface area contributed by atoms with Crippen LogP contribution in [0, 0.1) is 5.92 Å². The third-order valence-corrected chi connectivity index (χ3v) is 2.91. The molecule has 2 atom stereocenters. The minimum absolute atomic E-state index is 0.0656. The highest BCUT2D eigenvalue weighted by molar-refractivity contribution is 5.66. The van der Waals surface area contributed by atoms with E-state index in [0.29, 0.717) is 12.5 Å². The van der Waals surface area contributed by atoms with Gasteiger partial charge >= 0.3 is 5.97 Å². The number of aliphatic carboxylic acids is 1. The van der Waals surface area contributed by atoms with Gasteiger partial charge in [0, 0.05) is 6.54 Å². The van der Waals surface area contributed by atoms with Crippen LogP contribution in [0.15, 0.2) is 0 Å². The Morgan fingerprint density at radius 2 is 2.43 bits per heavy atom. The summed E-state index contributed by atoms with van der Waals surface area (Å²) in [6.07, 6.45) is 3.12. The maximum absolute atomic E-state index is 10.3. The van der Waals surface area contributed by atoms with Crippen LogP contribution < -0.4 is 5.73 Å². The average molecular weight is 201 g/mol. The molecule has 0 spiro atoms. The molecular weight excluding hydrogens is 182 g/mol. The molecule has 1 aliphatic carbocycles. The summed E-state index contributed by atoms with van der Waals surface area (Å²) in [6, 6.07) is 0. The molecule has 14 heavy (non-hydrogen) atoms. The van der Waals surface area contributed by atoms with Gasteiger partial charge < -0.3 is 15.6 Å². The van der Waals surface area contributed by atoms with Crippen LogP contribution >= 0.6 is 0 Å². The molecule has 0 heterocycles. The van der Waals surface area contributed by atoms with Crippen molar-refractivity contribution in [2.75, 3.05) is 13.2 Å². The van der Waals surface area contributed by atoms with Gasteiger partial charge in [-0.15, -0.1) is 0 Å². The first-order chi connectivity index (χ1) is 6.58. The number of hydrogen-bond donors (Lipinski definition) is 2. The lowest BCUT2D eigenvalue weighted by molar-refractivity contribution is -0.139. The van der Waals surface area contributed by atoms with E-state index in [4.69, 9.17) is 15.6 Å². The van der Waals surface area contributed by atoms with Crippen molar-refractivity contribution in [3.63, 3.8) is 0 Å². The van der Waals surface area contributed by atoms with E-state index in [1.54, 1.807) is 0 Å². The third kappa shape index (κ3) is 2.96. The Hall–Kier alpha value is -0.610. The molecule has 1 rings (SSSR count). The Morgan fingerprint density at radius 3 is 2.86 bits per heavy atom. The average Bonchev–Trinajstić information content (AvgIpc) is 2.48. The number of nitrogens with two attached hydrogens (primary N) is 1. The van der Waals surface area contributed by atoms with Gasteiger partial charge in [-0.2, -0.15) is 0 Å². The Bertz CT molecular complexity index is 208. The minimum atomic E-state index is -0.816.